The van der Waals surface area contributed by atoms with Gasteiger partial charge in [0.1, 0.15) is 11.3 Å². The van der Waals surface area contributed by atoms with Crippen LogP contribution in [0, 0.1) is 11.8 Å². The van der Waals surface area contributed by atoms with E-state index < -0.39 is 0 Å². The Kier molecular flexibility index (Phi) is 3.08. The van der Waals surface area contributed by atoms with Crippen molar-refractivity contribution in [2.75, 3.05) is 0 Å². The molecule has 4 nitrogen and oxygen atoms in total. The second kappa shape index (κ2) is 4.51. The lowest BCUT2D eigenvalue weighted by Gasteiger charge is -2.10. The van der Waals surface area contributed by atoms with Crippen LogP contribution in [-0.2, 0) is 20.0 Å². The van der Waals surface area contributed by atoms with Gasteiger partial charge in [-0.25, -0.2) is 4.98 Å². The molecule has 0 aromatic carbocycles. The van der Waals surface area contributed by atoms with Crippen molar-refractivity contribution in [3.05, 3.63) is 11.5 Å². The molecule has 3 atom stereocenters. The summed E-state index contributed by atoms with van der Waals surface area (Å²) in [7, 11) is 2.00. The lowest BCUT2D eigenvalue weighted by atomic mass is 10.3. The Balaban J connectivity index is 2.14. The van der Waals surface area contributed by atoms with E-state index in [-0.39, 0.29) is 5.38 Å². The number of hydrogen-bond acceptors (Lipinski definition) is 2. The summed E-state index contributed by atoms with van der Waals surface area (Å²) in [5.41, 5.74) is 3.22. The van der Waals surface area contributed by atoms with Crippen LogP contribution in [0.4, 0.5) is 0 Å². The van der Waals surface area contributed by atoms with Gasteiger partial charge < -0.3 is 4.57 Å². The lowest BCUT2D eigenvalue weighted by molar-refractivity contribution is 0.566. The van der Waals surface area contributed by atoms with Gasteiger partial charge >= 0.3 is 0 Å². The summed E-state index contributed by atoms with van der Waals surface area (Å²) in [6.07, 6.45) is 2.22. The normalized spacial score (nSPS) is 24.1. The molecule has 0 bridgehead atoms. The molecule has 2 aromatic rings. The molecule has 1 saturated carbocycles. The average Bonchev–Trinajstić information content (AvgIpc) is 2.81. The molecule has 0 spiro atoms. The highest BCUT2D eigenvalue weighted by molar-refractivity contribution is 6.20. The van der Waals surface area contributed by atoms with Gasteiger partial charge in [0, 0.05) is 13.6 Å². The number of hydrogen-bond donors (Lipinski definition) is 0. The average molecular weight is 281 g/mol. The lowest BCUT2D eigenvalue weighted by Crippen LogP contribution is -2.09. The quantitative estimate of drug-likeness (QED) is 0.806. The van der Waals surface area contributed by atoms with Gasteiger partial charge in [0.25, 0.3) is 0 Å². The topological polar surface area (TPSA) is 35.6 Å². The first-order valence-corrected chi connectivity index (χ1v) is 7.52. The first kappa shape index (κ1) is 13.0. The molecule has 1 fully saturated rings. The van der Waals surface area contributed by atoms with E-state index in [0.717, 1.165) is 47.5 Å². The van der Waals surface area contributed by atoms with Gasteiger partial charge in [0.15, 0.2) is 5.65 Å². The molecule has 104 valence electrons. The third-order valence-corrected chi connectivity index (χ3v) is 4.40. The Hall–Kier alpha value is -1.03. The van der Waals surface area contributed by atoms with Crippen molar-refractivity contribution >= 4 is 22.8 Å². The van der Waals surface area contributed by atoms with Crippen LogP contribution in [0.5, 0.6) is 0 Å². The van der Waals surface area contributed by atoms with E-state index in [4.69, 9.17) is 16.6 Å². The highest BCUT2D eigenvalue weighted by Gasteiger charge is 2.34. The van der Waals surface area contributed by atoms with Gasteiger partial charge in [0.05, 0.1) is 11.1 Å². The van der Waals surface area contributed by atoms with Crippen molar-refractivity contribution < 1.29 is 0 Å². The number of rotatable bonds is 4. The van der Waals surface area contributed by atoms with E-state index in [9.17, 15) is 0 Å². The van der Waals surface area contributed by atoms with Crippen LogP contribution in [0.25, 0.3) is 11.2 Å². The van der Waals surface area contributed by atoms with Crippen LogP contribution >= 0.6 is 11.6 Å². The summed E-state index contributed by atoms with van der Waals surface area (Å²) in [5, 5.41) is 4.50. The van der Waals surface area contributed by atoms with Gasteiger partial charge in [-0.1, -0.05) is 13.8 Å². The highest BCUT2D eigenvalue weighted by Crippen LogP contribution is 2.40. The molecule has 5 heteroatoms. The number of aryl methyl sites for hydroxylation is 2. The Morgan fingerprint density at radius 1 is 1.47 bits per heavy atom. The van der Waals surface area contributed by atoms with Crippen molar-refractivity contribution in [3.8, 4) is 0 Å². The maximum atomic E-state index is 6.31. The fourth-order valence-corrected chi connectivity index (χ4v) is 3.03. The van der Waals surface area contributed by atoms with Crippen LogP contribution in [0.3, 0.4) is 0 Å². The van der Waals surface area contributed by atoms with Crippen LogP contribution in [0.15, 0.2) is 0 Å². The molecule has 0 N–H and O–H groups in total. The molecule has 3 rings (SSSR count). The summed E-state index contributed by atoms with van der Waals surface area (Å²) >= 11 is 6.31. The van der Waals surface area contributed by atoms with E-state index >= 15 is 0 Å². The molecule has 1 aliphatic carbocycles. The standard InChI is InChI=1S/C14H21ClN4/c1-5-11-12-14(18(4)17-11)19(7-10-6-8(10)2)13(16-12)9(3)15/h8-10H,5-7H2,1-4H3. The molecule has 19 heavy (non-hydrogen) atoms. The van der Waals surface area contributed by atoms with Crippen LogP contribution in [0.1, 0.15) is 44.1 Å². The number of aromatic nitrogens is 4. The predicted molar refractivity (Wildman–Crippen MR) is 77.4 cm³/mol. The highest BCUT2D eigenvalue weighted by atomic mass is 35.5. The Morgan fingerprint density at radius 2 is 2.16 bits per heavy atom. The molecule has 2 heterocycles. The first-order valence-electron chi connectivity index (χ1n) is 7.09. The van der Waals surface area contributed by atoms with Crippen molar-refractivity contribution in [2.24, 2.45) is 18.9 Å². The van der Waals surface area contributed by atoms with E-state index in [1.54, 1.807) is 0 Å². The number of alkyl halides is 1. The Bertz CT molecular complexity index is 611. The smallest absolute Gasteiger partial charge is 0.158 e. The third-order valence-electron chi connectivity index (χ3n) is 4.20. The summed E-state index contributed by atoms with van der Waals surface area (Å²) in [4.78, 5) is 4.76. The van der Waals surface area contributed by atoms with E-state index in [1.165, 1.54) is 6.42 Å². The zero-order valence-corrected chi connectivity index (χ0v) is 12.8. The number of nitrogens with zero attached hydrogens (tertiary/aromatic N) is 4. The fraction of sp³-hybridized carbons (Fsp3) is 0.714. The van der Waals surface area contributed by atoms with Crippen molar-refractivity contribution in [1.29, 1.82) is 0 Å². The number of halogens is 1. The fourth-order valence-electron chi connectivity index (χ4n) is 2.87. The van der Waals surface area contributed by atoms with Gasteiger partial charge in [-0.3, -0.25) is 4.68 Å². The Labute approximate surface area is 118 Å². The second-order valence-electron chi connectivity index (χ2n) is 5.77. The minimum absolute atomic E-state index is 0.0637. The minimum Gasteiger partial charge on any atom is -0.311 e. The second-order valence-corrected chi connectivity index (χ2v) is 6.42. The van der Waals surface area contributed by atoms with Gasteiger partial charge in [-0.2, -0.15) is 5.10 Å². The van der Waals surface area contributed by atoms with Gasteiger partial charge in [0.2, 0.25) is 0 Å². The van der Waals surface area contributed by atoms with Crippen LogP contribution in [-0.4, -0.2) is 19.3 Å². The molecule has 0 amide bonds. The molecule has 0 aliphatic heterocycles. The van der Waals surface area contributed by atoms with Crippen LogP contribution < -0.4 is 0 Å². The Morgan fingerprint density at radius 3 is 2.68 bits per heavy atom. The molecular weight excluding hydrogens is 260 g/mol. The molecule has 2 aromatic heterocycles. The van der Waals surface area contributed by atoms with E-state index in [0.29, 0.717) is 0 Å². The summed E-state index contributed by atoms with van der Waals surface area (Å²) in [5.74, 6) is 2.58. The summed E-state index contributed by atoms with van der Waals surface area (Å²) in [6.45, 7) is 7.44. The minimum atomic E-state index is -0.0637. The first-order chi connectivity index (χ1) is 9.02. The number of fused-ring (bicyclic) bond motifs is 1. The zero-order chi connectivity index (χ0) is 13.7. The SMILES string of the molecule is CCc1nn(C)c2c1nc(C(C)Cl)n2CC1CC1C. The molecule has 0 radical (unpaired) electrons. The number of imidazole rings is 1. The maximum Gasteiger partial charge on any atom is 0.158 e. The van der Waals surface area contributed by atoms with Gasteiger partial charge in [-0.15, -0.1) is 11.6 Å². The van der Waals surface area contributed by atoms with E-state index in [1.807, 2.05) is 18.7 Å². The zero-order valence-electron chi connectivity index (χ0n) is 12.0. The van der Waals surface area contributed by atoms with Crippen molar-refractivity contribution in [3.63, 3.8) is 0 Å². The molecule has 1 aliphatic rings. The molecular formula is C14H21ClN4. The summed E-state index contributed by atoms with van der Waals surface area (Å²) < 4.78 is 4.24. The largest absolute Gasteiger partial charge is 0.311 e. The van der Waals surface area contributed by atoms with Gasteiger partial charge in [-0.05, 0) is 31.6 Å². The van der Waals surface area contributed by atoms with E-state index in [2.05, 4.69) is 23.5 Å². The maximum absolute atomic E-state index is 6.31. The van der Waals surface area contributed by atoms with Crippen molar-refractivity contribution in [1.82, 2.24) is 19.3 Å². The summed E-state index contributed by atoms with van der Waals surface area (Å²) in [6, 6.07) is 0. The molecule has 0 saturated heterocycles. The predicted octanol–water partition coefficient (Wildman–Crippen LogP) is 3.29. The monoisotopic (exact) mass is 280 g/mol. The molecule has 3 unspecified atom stereocenters. The van der Waals surface area contributed by atoms with Crippen molar-refractivity contribution in [2.45, 2.75) is 45.5 Å². The third kappa shape index (κ3) is 2.06. The van der Waals surface area contributed by atoms with Crippen LogP contribution in [0.2, 0.25) is 0 Å².